The zero-order valence-corrected chi connectivity index (χ0v) is 15.5. The highest BCUT2D eigenvalue weighted by Crippen LogP contribution is 2.41. The van der Waals surface area contributed by atoms with Gasteiger partial charge in [-0.15, -0.1) is 0 Å². The van der Waals surface area contributed by atoms with Crippen LogP contribution < -0.4 is 24.3 Å². The topological polar surface area (TPSA) is 66.0 Å². The average molecular weight is 369 g/mol. The van der Waals surface area contributed by atoms with E-state index in [1.807, 2.05) is 50.2 Å². The van der Waals surface area contributed by atoms with Crippen LogP contribution in [0.3, 0.4) is 0 Å². The van der Waals surface area contributed by atoms with E-state index in [1.165, 1.54) is 0 Å². The third-order valence-corrected chi connectivity index (χ3v) is 4.51. The van der Waals surface area contributed by atoms with Crippen molar-refractivity contribution in [1.82, 2.24) is 5.32 Å². The molecule has 2 aliphatic heterocycles. The number of para-hydroxylation sites is 1. The molecule has 0 saturated heterocycles. The number of amides is 1. The van der Waals surface area contributed by atoms with Gasteiger partial charge in [0.1, 0.15) is 18.8 Å². The first-order valence-corrected chi connectivity index (χ1v) is 9.09. The van der Waals surface area contributed by atoms with Crippen molar-refractivity contribution in [3.63, 3.8) is 0 Å². The van der Waals surface area contributed by atoms with Crippen molar-refractivity contribution in [2.24, 2.45) is 0 Å². The lowest BCUT2D eigenvalue weighted by molar-refractivity contribution is -0.123. The first-order valence-electron chi connectivity index (χ1n) is 9.09. The quantitative estimate of drug-likeness (QED) is 0.878. The lowest BCUT2D eigenvalue weighted by Gasteiger charge is -2.19. The smallest absolute Gasteiger partial charge is 0.258 e. The summed E-state index contributed by atoms with van der Waals surface area (Å²) >= 11 is 0. The third-order valence-electron chi connectivity index (χ3n) is 4.51. The highest BCUT2D eigenvalue weighted by Gasteiger charge is 2.32. The summed E-state index contributed by atoms with van der Waals surface area (Å²) < 4.78 is 22.7. The Hall–Kier alpha value is -2.89. The Kier molecular flexibility index (Phi) is 4.56. The molecule has 2 heterocycles. The Balaban J connectivity index is 1.32. The monoisotopic (exact) mass is 369 g/mol. The van der Waals surface area contributed by atoms with Gasteiger partial charge in [0.25, 0.3) is 5.91 Å². The molecule has 1 N–H and O–H groups in total. The molecule has 0 aliphatic carbocycles. The second kappa shape index (κ2) is 7.02. The maximum Gasteiger partial charge on any atom is 0.258 e. The van der Waals surface area contributed by atoms with Crippen molar-refractivity contribution in [2.75, 3.05) is 19.8 Å². The van der Waals surface area contributed by atoms with Crippen LogP contribution in [0, 0.1) is 0 Å². The Morgan fingerprint density at radius 3 is 2.81 bits per heavy atom. The van der Waals surface area contributed by atoms with Gasteiger partial charge in [-0.25, -0.2) is 0 Å². The molecule has 0 radical (unpaired) electrons. The summed E-state index contributed by atoms with van der Waals surface area (Å²) in [5, 5.41) is 2.86. The Labute approximate surface area is 158 Å². The number of fused-ring (bicyclic) bond motifs is 2. The number of benzene rings is 2. The van der Waals surface area contributed by atoms with Gasteiger partial charge < -0.3 is 24.3 Å². The molecular weight excluding hydrogens is 346 g/mol. The summed E-state index contributed by atoms with van der Waals surface area (Å²) in [6.07, 6.45) is 0.829. The van der Waals surface area contributed by atoms with E-state index in [0.29, 0.717) is 31.3 Å². The lowest BCUT2D eigenvalue weighted by Crippen LogP contribution is -2.28. The maximum atomic E-state index is 12.2. The van der Waals surface area contributed by atoms with Crippen molar-refractivity contribution in [1.29, 1.82) is 0 Å². The molecule has 0 unspecified atom stereocenters. The van der Waals surface area contributed by atoms with Crippen molar-refractivity contribution in [3.8, 4) is 23.0 Å². The molecule has 27 heavy (non-hydrogen) atoms. The third kappa shape index (κ3) is 3.94. The number of hydrogen-bond donors (Lipinski definition) is 1. The fourth-order valence-electron chi connectivity index (χ4n) is 3.29. The zero-order valence-electron chi connectivity index (χ0n) is 15.5. The predicted octanol–water partition coefficient (Wildman–Crippen LogP) is 2.87. The van der Waals surface area contributed by atoms with Crippen molar-refractivity contribution < 1.29 is 23.7 Å². The maximum absolute atomic E-state index is 12.2. The predicted molar refractivity (Wildman–Crippen MR) is 99.6 cm³/mol. The molecule has 0 atom stereocenters. The second-order valence-electron chi connectivity index (χ2n) is 7.33. The van der Waals surface area contributed by atoms with Crippen LogP contribution in [0.1, 0.15) is 25.0 Å². The normalized spacial score (nSPS) is 16.2. The summed E-state index contributed by atoms with van der Waals surface area (Å²) in [5.41, 5.74) is 1.80. The van der Waals surface area contributed by atoms with Crippen molar-refractivity contribution in [2.45, 2.75) is 32.4 Å². The molecule has 2 aromatic carbocycles. The van der Waals surface area contributed by atoms with E-state index >= 15 is 0 Å². The summed E-state index contributed by atoms with van der Waals surface area (Å²) in [4.78, 5) is 12.2. The molecule has 0 saturated carbocycles. The molecule has 2 aromatic rings. The minimum atomic E-state index is -0.248. The van der Waals surface area contributed by atoms with Crippen LogP contribution in [0.2, 0.25) is 0 Å². The first-order chi connectivity index (χ1) is 13.0. The van der Waals surface area contributed by atoms with E-state index in [4.69, 9.17) is 18.9 Å². The number of ether oxygens (including phenoxy) is 4. The van der Waals surface area contributed by atoms with Crippen LogP contribution >= 0.6 is 0 Å². The van der Waals surface area contributed by atoms with Crippen molar-refractivity contribution in [3.05, 3.63) is 47.5 Å². The molecule has 6 nitrogen and oxygen atoms in total. The fourth-order valence-corrected chi connectivity index (χ4v) is 3.29. The van der Waals surface area contributed by atoms with E-state index in [9.17, 15) is 4.79 Å². The van der Waals surface area contributed by atoms with Gasteiger partial charge in [0, 0.05) is 18.5 Å². The van der Waals surface area contributed by atoms with Crippen LogP contribution in [0.5, 0.6) is 23.0 Å². The number of hydrogen-bond acceptors (Lipinski definition) is 5. The molecule has 6 heteroatoms. The molecule has 142 valence electrons. The summed E-state index contributed by atoms with van der Waals surface area (Å²) in [6.45, 7) is 5.51. The van der Waals surface area contributed by atoms with E-state index in [2.05, 4.69) is 5.32 Å². The summed E-state index contributed by atoms with van der Waals surface area (Å²) in [7, 11) is 0. The first kappa shape index (κ1) is 17.5. The van der Waals surface area contributed by atoms with Gasteiger partial charge in [-0.1, -0.05) is 18.2 Å². The van der Waals surface area contributed by atoms with Gasteiger partial charge in [-0.05, 0) is 37.6 Å². The van der Waals surface area contributed by atoms with E-state index in [0.717, 1.165) is 29.0 Å². The molecular formula is C21H23NO5. The molecule has 0 fully saturated rings. The molecule has 2 aliphatic rings. The number of nitrogens with one attached hydrogen (secondary N) is 1. The highest BCUT2D eigenvalue weighted by atomic mass is 16.6. The fraction of sp³-hybridized carbons (Fsp3) is 0.381. The van der Waals surface area contributed by atoms with Gasteiger partial charge in [-0.2, -0.15) is 0 Å². The minimum Gasteiger partial charge on any atom is -0.486 e. The number of carbonyl (C=O) groups excluding carboxylic acids is 1. The Morgan fingerprint density at radius 2 is 1.96 bits per heavy atom. The SMILES string of the molecule is CC1(C)Cc2cccc(OCC(=O)NCc3ccc4c(c3)OCCO4)c2O1. The number of carbonyl (C=O) groups is 1. The van der Waals surface area contributed by atoms with Crippen LogP contribution in [0.25, 0.3) is 0 Å². The van der Waals surface area contributed by atoms with Crippen LogP contribution in [-0.2, 0) is 17.8 Å². The van der Waals surface area contributed by atoms with Gasteiger partial charge in [0.2, 0.25) is 0 Å². The highest BCUT2D eigenvalue weighted by molar-refractivity contribution is 5.77. The van der Waals surface area contributed by atoms with E-state index < -0.39 is 0 Å². The van der Waals surface area contributed by atoms with E-state index in [1.54, 1.807) is 0 Å². The van der Waals surface area contributed by atoms with Gasteiger partial charge in [-0.3, -0.25) is 4.79 Å². The Bertz CT molecular complexity index is 862. The van der Waals surface area contributed by atoms with Crippen LogP contribution in [0.4, 0.5) is 0 Å². The summed E-state index contributed by atoms with van der Waals surface area (Å²) in [6, 6.07) is 11.4. The van der Waals surface area contributed by atoms with Crippen LogP contribution in [-0.4, -0.2) is 31.3 Å². The standard InChI is InChI=1S/C21H23NO5/c1-21(2)11-15-4-3-5-17(20(15)27-21)26-13-19(23)22-12-14-6-7-16-18(10-14)25-9-8-24-16/h3-7,10H,8-9,11-13H2,1-2H3,(H,22,23). The minimum absolute atomic E-state index is 0.0647. The second-order valence-corrected chi connectivity index (χ2v) is 7.33. The van der Waals surface area contributed by atoms with E-state index in [-0.39, 0.29) is 18.1 Å². The average Bonchev–Trinajstić information content (AvgIpc) is 2.99. The molecule has 1 amide bonds. The largest absolute Gasteiger partial charge is 0.486 e. The van der Waals surface area contributed by atoms with Gasteiger partial charge >= 0.3 is 0 Å². The van der Waals surface area contributed by atoms with Crippen molar-refractivity contribution >= 4 is 5.91 Å². The molecule has 4 rings (SSSR count). The lowest BCUT2D eigenvalue weighted by atomic mass is 10.0. The molecule has 0 spiro atoms. The van der Waals surface area contributed by atoms with Gasteiger partial charge in [0.05, 0.1) is 0 Å². The van der Waals surface area contributed by atoms with Gasteiger partial charge in [0.15, 0.2) is 29.6 Å². The van der Waals surface area contributed by atoms with Crippen LogP contribution in [0.15, 0.2) is 36.4 Å². The number of rotatable bonds is 5. The summed E-state index contributed by atoms with van der Waals surface area (Å²) in [5.74, 6) is 2.60. The molecule has 0 aromatic heterocycles. The molecule has 0 bridgehead atoms. The zero-order chi connectivity index (χ0) is 18.9. The Morgan fingerprint density at radius 1 is 1.15 bits per heavy atom.